The van der Waals surface area contributed by atoms with Crippen LogP contribution in [0.5, 0.6) is 5.75 Å². The summed E-state index contributed by atoms with van der Waals surface area (Å²) in [6.45, 7) is 7.66. The summed E-state index contributed by atoms with van der Waals surface area (Å²) in [5.74, 6) is 0.930. The Labute approximate surface area is 195 Å². The zero-order chi connectivity index (χ0) is 22.1. The first kappa shape index (κ1) is 21.6. The molecule has 3 heterocycles. The van der Waals surface area contributed by atoms with Crippen LogP contribution < -0.4 is 4.74 Å². The Hall–Kier alpha value is -2.22. The van der Waals surface area contributed by atoms with Crippen molar-refractivity contribution in [2.45, 2.75) is 22.3 Å². The van der Waals surface area contributed by atoms with E-state index < -0.39 is 0 Å². The maximum absolute atomic E-state index is 12.2. The van der Waals surface area contributed by atoms with Crippen molar-refractivity contribution in [2.24, 2.45) is 0 Å². The molecule has 0 aromatic heterocycles. The number of hydrogen-bond donors (Lipinski definition) is 0. The van der Waals surface area contributed by atoms with Gasteiger partial charge in [-0.2, -0.15) is 0 Å². The van der Waals surface area contributed by atoms with Crippen molar-refractivity contribution in [3.63, 3.8) is 0 Å². The zero-order valence-corrected chi connectivity index (χ0v) is 19.8. The van der Waals surface area contributed by atoms with Gasteiger partial charge in [-0.05, 0) is 41.8 Å². The molecule has 6 nitrogen and oxygen atoms in total. The molecule has 2 fully saturated rings. The summed E-state index contributed by atoms with van der Waals surface area (Å²) in [5, 5.41) is 0. The topological polar surface area (TPSA) is 39.3 Å². The standard InChI is InChI=1S/C25H32N4O2S/c1-26-9-13-29(25(26)30)16-12-27-10-14-28(15-11-27)22-17-19-5-3-4-6-23(19)32-24-8-7-20(31-2)18-21(22)24/h3-8,18,22H,9-17H2,1-2H3. The molecule has 170 valence electrons. The number of benzene rings is 2. The van der Waals surface area contributed by atoms with E-state index in [9.17, 15) is 4.79 Å². The lowest BCUT2D eigenvalue weighted by molar-refractivity contribution is 0.0897. The summed E-state index contributed by atoms with van der Waals surface area (Å²) in [5.41, 5.74) is 2.81. The number of piperazine rings is 1. The second-order valence-electron chi connectivity index (χ2n) is 8.90. The number of nitrogens with zero attached hydrogens (tertiary/aromatic N) is 4. The SMILES string of the molecule is COc1ccc2c(c1)C(N1CCN(CCN3CCN(C)C3=O)CC1)Cc1ccccc1S2. The van der Waals surface area contributed by atoms with Gasteiger partial charge < -0.3 is 14.5 Å². The van der Waals surface area contributed by atoms with Crippen LogP contribution in [0.25, 0.3) is 0 Å². The number of urea groups is 1. The molecule has 0 aliphatic carbocycles. The highest BCUT2D eigenvalue weighted by Gasteiger charge is 2.31. The summed E-state index contributed by atoms with van der Waals surface area (Å²) >= 11 is 1.88. The van der Waals surface area contributed by atoms with Gasteiger partial charge in [0.05, 0.1) is 7.11 Å². The Kier molecular flexibility index (Phi) is 6.31. The summed E-state index contributed by atoms with van der Waals surface area (Å²) in [6.07, 6.45) is 1.03. The van der Waals surface area contributed by atoms with E-state index in [1.807, 2.05) is 28.6 Å². The van der Waals surface area contributed by atoms with Crippen LogP contribution in [0.1, 0.15) is 17.2 Å². The normalized spacial score (nSPS) is 21.9. The van der Waals surface area contributed by atoms with Gasteiger partial charge in [0.15, 0.2) is 0 Å². The molecule has 1 atom stereocenters. The third-order valence-electron chi connectivity index (χ3n) is 7.02. The number of methoxy groups -OCH3 is 1. The maximum atomic E-state index is 12.2. The molecule has 0 spiro atoms. The Morgan fingerprint density at radius 1 is 0.969 bits per heavy atom. The monoisotopic (exact) mass is 452 g/mol. The van der Waals surface area contributed by atoms with Gasteiger partial charge in [0.25, 0.3) is 0 Å². The molecule has 2 saturated heterocycles. The molecular weight excluding hydrogens is 420 g/mol. The van der Waals surface area contributed by atoms with Crippen molar-refractivity contribution in [3.05, 3.63) is 53.6 Å². The molecule has 0 bridgehead atoms. The van der Waals surface area contributed by atoms with Crippen LogP contribution in [0.4, 0.5) is 4.79 Å². The zero-order valence-electron chi connectivity index (χ0n) is 19.0. The third-order valence-corrected chi connectivity index (χ3v) is 8.23. The van der Waals surface area contributed by atoms with E-state index in [1.165, 1.54) is 20.9 Å². The van der Waals surface area contributed by atoms with E-state index in [1.54, 1.807) is 7.11 Å². The van der Waals surface area contributed by atoms with E-state index in [-0.39, 0.29) is 6.03 Å². The predicted octanol–water partition coefficient (Wildman–Crippen LogP) is 3.43. The van der Waals surface area contributed by atoms with E-state index >= 15 is 0 Å². The first-order valence-electron chi connectivity index (χ1n) is 11.5. The summed E-state index contributed by atoms with van der Waals surface area (Å²) in [6, 6.07) is 15.9. The van der Waals surface area contributed by atoms with Crippen LogP contribution in [0.3, 0.4) is 0 Å². The molecule has 2 amide bonds. The quantitative estimate of drug-likeness (QED) is 0.695. The lowest BCUT2D eigenvalue weighted by atomic mass is 9.96. The maximum Gasteiger partial charge on any atom is 0.319 e. The summed E-state index contributed by atoms with van der Waals surface area (Å²) in [4.78, 5) is 23.8. The molecule has 3 aliphatic rings. The van der Waals surface area contributed by atoms with Crippen molar-refractivity contribution in [1.82, 2.24) is 19.6 Å². The van der Waals surface area contributed by atoms with Gasteiger partial charge in [-0.15, -0.1) is 0 Å². The van der Waals surface area contributed by atoms with Crippen LogP contribution in [0.2, 0.25) is 0 Å². The van der Waals surface area contributed by atoms with Crippen LogP contribution in [-0.4, -0.2) is 92.1 Å². The van der Waals surface area contributed by atoms with Crippen molar-refractivity contribution in [2.75, 3.05) is 66.5 Å². The van der Waals surface area contributed by atoms with Gasteiger partial charge in [0.1, 0.15) is 5.75 Å². The number of amides is 2. The predicted molar refractivity (Wildman–Crippen MR) is 128 cm³/mol. The molecular formula is C25H32N4O2S. The van der Waals surface area contributed by atoms with Crippen LogP contribution in [0, 0.1) is 0 Å². The van der Waals surface area contributed by atoms with E-state index in [0.717, 1.165) is 64.5 Å². The van der Waals surface area contributed by atoms with Crippen molar-refractivity contribution in [1.29, 1.82) is 0 Å². The second kappa shape index (κ2) is 9.33. The first-order valence-corrected chi connectivity index (χ1v) is 12.3. The lowest BCUT2D eigenvalue weighted by Crippen LogP contribution is -2.50. The number of carbonyl (C=O) groups excluding carboxylic acids is 1. The minimum Gasteiger partial charge on any atom is -0.497 e. The molecule has 7 heteroatoms. The van der Waals surface area contributed by atoms with Crippen molar-refractivity contribution >= 4 is 17.8 Å². The Morgan fingerprint density at radius 3 is 2.53 bits per heavy atom. The van der Waals surface area contributed by atoms with E-state index in [4.69, 9.17) is 4.74 Å². The van der Waals surface area contributed by atoms with Gasteiger partial charge in [-0.1, -0.05) is 30.0 Å². The van der Waals surface area contributed by atoms with Crippen LogP contribution in [-0.2, 0) is 6.42 Å². The number of fused-ring (bicyclic) bond motifs is 2. The lowest BCUT2D eigenvalue weighted by Gasteiger charge is -2.40. The Morgan fingerprint density at radius 2 is 1.78 bits per heavy atom. The molecule has 2 aromatic rings. The average molecular weight is 453 g/mol. The van der Waals surface area contributed by atoms with Crippen molar-refractivity contribution < 1.29 is 9.53 Å². The fraction of sp³-hybridized carbons (Fsp3) is 0.480. The fourth-order valence-corrected chi connectivity index (χ4v) is 6.13. The molecule has 0 radical (unpaired) electrons. The molecule has 5 rings (SSSR count). The summed E-state index contributed by atoms with van der Waals surface area (Å²) in [7, 11) is 3.63. The van der Waals surface area contributed by atoms with Crippen LogP contribution >= 0.6 is 11.8 Å². The molecule has 3 aliphatic heterocycles. The van der Waals surface area contributed by atoms with E-state index in [0.29, 0.717) is 6.04 Å². The van der Waals surface area contributed by atoms with Crippen LogP contribution in [0.15, 0.2) is 52.3 Å². The van der Waals surface area contributed by atoms with Gasteiger partial charge in [-0.3, -0.25) is 9.80 Å². The second-order valence-corrected chi connectivity index (χ2v) is 9.99. The minimum absolute atomic E-state index is 0.170. The van der Waals surface area contributed by atoms with Gasteiger partial charge in [0.2, 0.25) is 0 Å². The molecule has 1 unspecified atom stereocenters. The largest absolute Gasteiger partial charge is 0.497 e. The van der Waals surface area contributed by atoms with Gasteiger partial charge >= 0.3 is 6.03 Å². The Bertz CT molecular complexity index is 976. The number of carbonyl (C=O) groups is 1. The molecule has 32 heavy (non-hydrogen) atoms. The van der Waals surface area contributed by atoms with Gasteiger partial charge in [-0.25, -0.2) is 4.79 Å². The smallest absolute Gasteiger partial charge is 0.319 e. The highest BCUT2D eigenvalue weighted by Crippen LogP contribution is 2.44. The molecule has 2 aromatic carbocycles. The van der Waals surface area contributed by atoms with Crippen molar-refractivity contribution in [3.8, 4) is 5.75 Å². The number of ether oxygens (including phenoxy) is 1. The number of likely N-dealkylation sites (N-methyl/N-ethyl adjacent to an activating group) is 1. The Balaban J connectivity index is 1.28. The highest BCUT2D eigenvalue weighted by atomic mass is 32.2. The average Bonchev–Trinajstić information content (AvgIpc) is 3.05. The summed E-state index contributed by atoms with van der Waals surface area (Å²) < 4.78 is 5.58. The first-order chi connectivity index (χ1) is 15.6. The highest BCUT2D eigenvalue weighted by molar-refractivity contribution is 7.99. The fourth-order valence-electron chi connectivity index (χ4n) is 5.01. The number of rotatable bonds is 5. The molecule has 0 saturated carbocycles. The number of hydrogen-bond acceptors (Lipinski definition) is 5. The minimum atomic E-state index is 0.170. The molecule has 0 N–H and O–H groups in total. The van der Waals surface area contributed by atoms with Gasteiger partial charge in [0, 0.05) is 75.2 Å². The van der Waals surface area contributed by atoms with E-state index in [2.05, 4.69) is 52.3 Å². The third kappa shape index (κ3) is 4.34.